The van der Waals surface area contributed by atoms with Crippen LogP contribution < -0.4 is 14.4 Å². The molecule has 2 amide bonds. The number of benzene rings is 2. The number of amides is 2. The molecule has 0 saturated carbocycles. The van der Waals surface area contributed by atoms with Crippen molar-refractivity contribution in [1.82, 2.24) is 10.2 Å². The van der Waals surface area contributed by atoms with Crippen molar-refractivity contribution in [3.63, 3.8) is 0 Å². The lowest BCUT2D eigenvalue weighted by molar-refractivity contribution is -0.139. The summed E-state index contributed by atoms with van der Waals surface area (Å²) < 4.78 is 32.3. The Bertz CT molecular complexity index is 1090. The summed E-state index contributed by atoms with van der Waals surface area (Å²) >= 11 is 0. The fourth-order valence-electron chi connectivity index (χ4n) is 3.85. The SMILES string of the molecule is CCOc1ccccc1N(CC(=O)N(CCc1ccccc1)C(CC)C(=O)NCC(C)C)S(C)(=O)=O. The van der Waals surface area contributed by atoms with Crippen LogP contribution in [0.15, 0.2) is 54.6 Å². The van der Waals surface area contributed by atoms with E-state index in [2.05, 4.69) is 5.32 Å². The summed E-state index contributed by atoms with van der Waals surface area (Å²) in [6.45, 7) is 8.33. The molecule has 1 atom stereocenters. The van der Waals surface area contributed by atoms with Gasteiger partial charge in [-0.25, -0.2) is 8.42 Å². The molecule has 0 fully saturated rings. The monoisotopic (exact) mass is 517 g/mol. The average Bonchev–Trinajstić information content (AvgIpc) is 2.84. The van der Waals surface area contributed by atoms with Crippen LogP contribution in [0, 0.1) is 5.92 Å². The first-order valence-corrected chi connectivity index (χ1v) is 14.2. The molecule has 0 aliphatic carbocycles. The number of ether oxygens (including phenoxy) is 1. The molecule has 9 heteroatoms. The minimum Gasteiger partial charge on any atom is -0.492 e. The molecule has 198 valence electrons. The first-order valence-electron chi connectivity index (χ1n) is 12.4. The summed E-state index contributed by atoms with van der Waals surface area (Å²) in [7, 11) is -3.82. The molecule has 1 unspecified atom stereocenters. The molecular weight excluding hydrogens is 478 g/mol. The van der Waals surface area contributed by atoms with Gasteiger partial charge in [0.2, 0.25) is 21.8 Å². The molecule has 1 N–H and O–H groups in total. The van der Waals surface area contributed by atoms with E-state index in [0.717, 1.165) is 16.1 Å². The second-order valence-electron chi connectivity index (χ2n) is 9.06. The molecule has 8 nitrogen and oxygen atoms in total. The highest BCUT2D eigenvalue weighted by Gasteiger charge is 2.32. The van der Waals surface area contributed by atoms with Gasteiger partial charge in [-0.2, -0.15) is 0 Å². The molecule has 0 aromatic heterocycles. The van der Waals surface area contributed by atoms with Gasteiger partial charge in [0.15, 0.2) is 0 Å². The number of hydrogen-bond donors (Lipinski definition) is 1. The van der Waals surface area contributed by atoms with Gasteiger partial charge in [0.05, 0.1) is 18.6 Å². The van der Waals surface area contributed by atoms with Crippen LogP contribution in [-0.4, -0.2) is 63.7 Å². The maximum atomic E-state index is 13.7. The van der Waals surface area contributed by atoms with Crippen molar-refractivity contribution in [2.45, 2.75) is 46.6 Å². The number of carbonyl (C=O) groups is 2. The van der Waals surface area contributed by atoms with E-state index in [1.807, 2.05) is 51.1 Å². The van der Waals surface area contributed by atoms with Gasteiger partial charge in [0, 0.05) is 13.1 Å². The third-order valence-electron chi connectivity index (χ3n) is 5.67. The van der Waals surface area contributed by atoms with Crippen molar-refractivity contribution < 1.29 is 22.7 Å². The molecule has 0 aliphatic heterocycles. The van der Waals surface area contributed by atoms with Crippen LogP contribution in [0.1, 0.15) is 39.7 Å². The maximum absolute atomic E-state index is 13.7. The largest absolute Gasteiger partial charge is 0.492 e. The fraction of sp³-hybridized carbons (Fsp3) is 0.481. The summed E-state index contributed by atoms with van der Waals surface area (Å²) in [6, 6.07) is 15.7. The number of nitrogens with one attached hydrogen (secondary N) is 1. The standard InChI is InChI=1S/C27H39N3O5S/c1-6-23(27(32)28-19-21(3)4)29(18-17-22-13-9-8-10-14-22)26(31)20-30(36(5,33)34)24-15-11-12-16-25(24)35-7-2/h8-16,21,23H,6-7,17-20H2,1-5H3,(H,28,32). The molecule has 2 rings (SSSR count). The summed E-state index contributed by atoms with van der Waals surface area (Å²) in [6.07, 6.45) is 2.00. The number of sulfonamides is 1. The Kier molecular flexibility index (Phi) is 11.2. The summed E-state index contributed by atoms with van der Waals surface area (Å²) in [4.78, 5) is 28.3. The van der Waals surface area contributed by atoms with E-state index in [0.29, 0.717) is 31.7 Å². The molecular formula is C27H39N3O5S. The zero-order valence-corrected chi connectivity index (χ0v) is 22.8. The second-order valence-corrected chi connectivity index (χ2v) is 11.0. The van der Waals surface area contributed by atoms with Gasteiger partial charge < -0.3 is 15.0 Å². The first kappa shape index (κ1) is 29.2. The van der Waals surface area contributed by atoms with E-state index in [9.17, 15) is 18.0 Å². The molecule has 0 aliphatic rings. The minimum atomic E-state index is -3.82. The number of rotatable bonds is 14. The van der Waals surface area contributed by atoms with Gasteiger partial charge in [-0.3, -0.25) is 13.9 Å². The second kappa shape index (κ2) is 13.9. The van der Waals surface area contributed by atoms with Gasteiger partial charge in [-0.1, -0.05) is 63.2 Å². The minimum absolute atomic E-state index is 0.242. The lowest BCUT2D eigenvalue weighted by Crippen LogP contribution is -2.53. The quantitative estimate of drug-likeness (QED) is 0.414. The van der Waals surface area contributed by atoms with E-state index in [1.165, 1.54) is 4.90 Å². The van der Waals surface area contributed by atoms with E-state index in [4.69, 9.17) is 4.74 Å². The van der Waals surface area contributed by atoms with Crippen LogP contribution in [0.5, 0.6) is 5.75 Å². The predicted molar refractivity (Wildman–Crippen MR) is 144 cm³/mol. The Morgan fingerprint density at radius 1 is 1.00 bits per heavy atom. The van der Waals surface area contributed by atoms with Crippen LogP contribution in [0.4, 0.5) is 5.69 Å². The Balaban J connectivity index is 2.39. The van der Waals surface area contributed by atoms with Crippen molar-refractivity contribution in [2.75, 3.05) is 36.8 Å². The van der Waals surface area contributed by atoms with Crippen molar-refractivity contribution in [3.05, 3.63) is 60.2 Å². The number of anilines is 1. The van der Waals surface area contributed by atoms with Crippen LogP contribution in [-0.2, 0) is 26.0 Å². The van der Waals surface area contributed by atoms with Crippen LogP contribution in [0.25, 0.3) is 0 Å². The molecule has 0 spiro atoms. The van der Waals surface area contributed by atoms with E-state index < -0.39 is 28.5 Å². The number of carbonyl (C=O) groups excluding carboxylic acids is 2. The topological polar surface area (TPSA) is 96.0 Å². The van der Waals surface area contributed by atoms with Crippen LogP contribution >= 0.6 is 0 Å². The molecule has 36 heavy (non-hydrogen) atoms. The smallest absolute Gasteiger partial charge is 0.244 e. The van der Waals surface area contributed by atoms with Crippen molar-refractivity contribution in [1.29, 1.82) is 0 Å². The Morgan fingerprint density at radius 3 is 2.22 bits per heavy atom. The van der Waals surface area contributed by atoms with E-state index in [-0.39, 0.29) is 24.1 Å². The zero-order valence-electron chi connectivity index (χ0n) is 21.9. The molecule has 2 aromatic rings. The number of para-hydroxylation sites is 2. The Labute approximate surface area is 215 Å². The lowest BCUT2D eigenvalue weighted by atomic mass is 10.1. The fourth-order valence-corrected chi connectivity index (χ4v) is 4.71. The maximum Gasteiger partial charge on any atom is 0.244 e. The molecule has 0 heterocycles. The zero-order chi connectivity index (χ0) is 26.7. The highest BCUT2D eigenvalue weighted by atomic mass is 32.2. The normalized spacial score (nSPS) is 12.2. The highest BCUT2D eigenvalue weighted by molar-refractivity contribution is 7.92. The molecule has 0 radical (unpaired) electrons. The predicted octanol–water partition coefficient (Wildman–Crippen LogP) is 3.47. The van der Waals surface area contributed by atoms with Crippen molar-refractivity contribution in [3.8, 4) is 5.75 Å². The Morgan fingerprint density at radius 2 is 1.64 bits per heavy atom. The van der Waals surface area contributed by atoms with Crippen LogP contribution in [0.2, 0.25) is 0 Å². The summed E-state index contributed by atoms with van der Waals surface area (Å²) in [5.74, 6) is -0.0612. The average molecular weight is 518 g/mol. The third kappa shape index (κ3) is 8.55. The number of hydrogen-bond acceptors (Lipinski definition) is 5. The molecule has 0 saturated heterocycles. The highest BCUT2D eigenvalue weighted by Crippen LogP contribution is 2.30. The summed E-state index contributed by atoms with van der Waals surface area (Å²) in [5.41, 5.74) is 1.31. The van der Waals surface area contributed by atoms with Gasteiger partial charge in [-0.15, -0.1) is 0 Å². The molecule has 2 aromatic carbocycles. The van der Waals surface area contributed by atoms with Gasteiger partial charge in [0.25, 0.3) is 0 Å². The van der Waals surface area contributed by atoms with E-state index >= 15 is 0 Å². The summed E-state index contributed by atoms with van der Waals surface area (Å²) in [5, 5.41) is 2.92. The van der Waals surface area contributed by atoms with Crippen molar-refractivity contribution >= 4 is 27.5 Å². The Hall–Kier alpha value is -3.07. The lowest BCUT2D eigenvalue weighted by Gasteiger charge is -2.33. The van der Waals surface area contributed by atoms with Crippen LogP contribution in [0.3, 0.4) is 0 Å². The van der Waals surface area contributed by atoms with Gasteiger partial charge in [-0.05, 0) is 43.4 Å². The first-order chi connectivity index (χ1) is 17.1. The van der Waals surface area contributed by atoms with Gasteiger partial charge >= 0.3 is 0 Å². The van der Waals surface area contributed by atoms with E-state index in [1.54, 1.807) is 31.2 Å². The molecule has 0 bridgehead atoms. The third-order valence-corrected chi connectivity index (χ3v) is 6.79. The number of nitrogens with zero attached hydrogens (tertiary/aromatic N) is 2. The van der Waals surface area contributed by atoms with Crippen molar-refractivity contribution in [2.24, 2.45) is 5.92 Å². The van der Waals surface area contributed by atoms with Gasteiger partial charge in [0.1, 0.15) is 18.3 Å².